The third-order valence-corrected chi connectivity index (χ3v) is 4.14. The van der Waals surface area contributed by atoms with Gasteiger partial charge in [-0.15, -0.1) is 5.10 Å². The second kappa shape index (κ2) is 6.48. The Kier molecular flexibility index (Phi) is 4.88. The van der Waals surface area contributed by atoms with Gasteiger partial charge in [-0.25, -0.2) is 4.79 Å². The van der Waals surface area contributed by atoms with E-state index in [4.69, 9.17) is 0 Å². The van der Waals surface area contributed by atoms with E-state index in [-0.39, 0.29) is 17.2 Å². The first kappa shape index (κ1) is 15.8. The monoisotopic (exact) mass is 417 g/mol. The highest BCUT2D eigenvalue weighted by molar-refractivity contribution is 14.1. The summed E-state index contributed by atoms with van der Waals surface area (Å²) in [5.41, 5.74) is 0.926. The number of anilines is 1. The number of hydrogen-bond donors (Lipinski definition) is 2. The summed E-state index contributed by atoms with van der Waals surface area (Å²) >= 11 is 3.02. The number of hydrogen-bond acceptors (Lipinski definition) is 5. The summed E-state index contributed by atoms with van der Waals surface area (Å²) in [5.74, 6) is -1.41. The van der Waals surface area contributed by atoms with Crippen LogP contribution in [0.2, 0.25) is 0 Å². The number of carbonyl (C=O) groups excluding carboxylic acids is 1. The maximum absolute atomic E-state index is 12.3. The molecule has 1 aromatic carbocycles. The molecule has 0 saturated heterocycles. The average Bonchev–Trinajstić information content (AvgIpc) is 2.90. The molecule has 0 atom stereocenters. The van der Waals surface area contributed by atoms with Gasteiger partial charge in [0.1, 0.15) is 4.88 Å². The predicted molar refractivity (Wildman–Crippen MR) is 88.1 cm³/mol. The molecule has 8 heteroatoms. The Balaban J connectivity index is 2.32. The van der Waals surface area contributed by atoms with Gasteiger partial charge in [-0.1, -0.05) is 18.3 Å². The number of halogens is 1. The quantitative estimate of drug-likeness (QED) is 0.746. The Morgan fingerprint density at radius 3 is 2.71 bits per heavy atom. The Labute approximate surface area is 138 Å². The molecule has 0 saturated carbocycles. The molecule has 2 N–H and O–H groups in total. The zero-order valence-electron chi connectivity index (χ0n) is 11.3. The molecule has 110 valence electrons. The van der Waals surface area contributed by atoms with Crippen LogP contribution in [-0.4, -0.2) is 26.6 Å². The lowest BCUT2D eigenvalue weighted by molar-refractivity contribution is 0.0698. The molecule has 2 aromatic rings. The van der Waals surface area contributed by atoms with Gasteiger partial charge in [0.15, 0.2) is 0 Å². The van der Waals surface area contributed by atoms with Gasteiger partial charge in [0.25, 0.3) is 5.91 Å². The predicted octanol–water partition coefficient (Wildman–Crippen LogP) is 3.22. The third kappa shape index (κ3) is 3.56. The van der Waals surface area contributed by atoms with Crippen molar-refractivity contribution in [1.29, 1.82) is 0 Å². The van der Waals surface area contributed by atoms with Gasteiger partial charge in [0.2, 0.25) is 0 Å². The molecule has 1 heterocycles. The van der Waals surface area contributed by atoms with Crippen LogP contribution < -0.4 is 5.32 Å². The number of carbonyl (C=O) groups is 2. The van der Waals surface area contributed by atoms with Crippen LogP contribution in [0.1, 0.15) is 45.5 Å². The highest BCUT2D eigenvalue weighted by Crippen LogP contribution is 2.23. The highest BCUT2D eigenvalue weighted by atomic mass is 127. The normalized spacial score (nSPS) is 10.7. The van der Waals surface area contributed by atoms with E-state index < -0.39 is 11.9 Å². The van der Waals surface area contributed by atoms with Crippen molar-refractivity contribution >= 4 is 51.7 Å². The molecule has 1 amide bonds. The average molecular weight is 417 g/mol. The largest absolute Gasteiger partial charge is 0.478 e. The highest BCUT2D eigenvalue weighted by Gasteiger charge is 2.20. The Morgan fingerprint density at radius 1 is 1.38 bits per heavy atom. The fourth-order valence-electron chi connectivity index (χ4n) is 1.71. The summed E-state index contributed by atoms with van der Waals surface area (Å²) in [5, 5.41) is 15.8. The summed E-state index contributed by atoms with van der Waals surface area (Å²) in [4.78, 5) is 23.9. The van der Waals surface area contributed by atoms with Crippen molar-refractivity contribution < 1.29 is 14.7 Å². The van der Waals surface area contributed by atoms with Gasteiger partial charge < -0.3 is 10.4 Å². The van der Waals surface area contributed by atoms with Crippen LogP contribution in [-0.2, 0) is 0 Å². The van der Waals surface area contributed by atoms with E-state index in [0.29, 0.717) is 10.6 Å². The first-order chi connectivity index (χ1) is 9.90. The molecule has 6 nitrogen and oxygen atoms in total. The van der Waals surface area contributed by atoms with Crippen LogP contribution in [0.15, 0.2) is 18.2 Å². The number of carboxylic acids is 1. The molecule has 2 rings (SSSR count). The number of rotatable bonds is 4. The maximum Gasteiger partial charge on any atom is 0.337 e. The summed E-state index contributed by atoms with van der Waals surface area (Å²) in [6.07, 6.45) is 0. The Morgan fingerprint density at radius 2 is 2.10 bits per heavy atom. The van der Waals surface area contributed by atoms with Gasteiger partial charge in [-0.2, -0.15) is 0 Å². The molecular weight excluding hydrogens is 405 g/mol. The lowest BCUT2D eigenvalue weighted by atomic mass is 10.1. The molecule has 0 aliphatic heterocycles. The number of aromatic carboxylic acids is 1. The number of aromatic nitrogens is 2. The molecule has 0 aliphatic carbocycles. The summed E-state index contributed by atoms with van der Waals surface area (Å²) in [7, 11) is 0. The van der Waals surface area contributed by atoms with Crippen LogP contribution >= 0.6 is 34.1 Å². The molecule has 0 bridgehead atoms. The van der Waals surface area contributed by atoms with Gasteiger partial charge >= 0.3 is 5.97 Å². The van der Waals surface area contributed by atoms with Crippen molar-refractivity contribution in [2.75, 3.05) is 5.32 Å². The van der Waals surface area contributed by atoms with Crippen LogP contribution in [0.5, 0.6) is 0 Å². The molecule has 0 fully saturated rings. The minimum absolute atomic E-state index is 0.0545. The van der Waals surface area contributed by atoms with Crippen molar-refractivity contribution in [3.63, 3.8) is 0 Å². The lowest BCUT2D eigenvalue weighted by Crippen LogP contribution is -2.15. The SMILES string of the molecule is CC(C)c1nnsc1C(=O)Nc1ccc(I)cc1C(=O)O. The zero-order chi connectivity index (χ0) is 15.6. The van der Waals surface area contributed by atoms with Crippen molar-refractivity contribution in [1.82, 2.24) is 9.59 Å². The molecule has 0 aliphatic rings. The van der Waals surface area contributed by atoms with Crippen molar-refractivity contribution in [2.45, 2.75) is 19.8 Å². The van der Waals surface area contributed by atoms with Crippen molar-refractivity contribution in [3.05, 3.63) is 37.9 Å². The van der Waals surface area contributed by atoms with Gasteiger partial charge in [-0.3, -0.25) is 4.79 Å². The second-order valence-corrected chi connectivity index (χ2v) is 6.59. The number of carboxylic acid groups (broad SMARTS) is 1. The standard InChI is InChI=1S/C13H12IN3O3S/c1-6(2)10-11(21-17-16-10)12(18)15-9-4-3-7(14)5-8(9)13(19)20/h3-6H,1-2H3,(H,15,18)(H,19,20). The van der Waals surface area contributed by atoms with E-state index in [1.54, 1.807) is 12.1 Å². The van der Waals surface area contributed by atoms with E-state index in [0.717, 1.165) is 15.1 Å². The molecular formula is C13H12IN3O3S. The number of amides is 1. The number of nitrogens with one attached hydrogen (secondary N) is 1. The number of benzene rings is 1. The van der Waals surface area contributed by atoms with Gasteiger partial charge in [0.05, 0.1) is 16.9 Å². The van der Waals surface area contributed by atoms with E-state index in [2.05, 4.69) is 14.9 Å². The van der Waals surface area contributed by atoms with E-state index in [1.165, 1.54) is 6.07 Å². The minimum Gasteiger partial charge on any atom is -0.478 e. The topological polar surface area (TPSA) is 92.2 Å². The van der Waals surface area contributed by atoms with E-state index in [9.17, 15) is 14.7 Å². The smallest absolute Gasteiger partial charge is 0.337 e. The lowest BCUT2D eigenvalue weighted by Gasteiger charge is -2.09. The van der Waals surface area contributed by atoms with Crippen molar-refractivity contribution in [2.24, 2.45) is 0 Å². The Hall–Kier alpha value is -1.55. The summed E-state index contributed by atoms with van der Waals surface area (Å²) in [6, 6.07) is 4.82. The van der Waals surface area contributed by atoms with Crippen LogP contribution in [0.25, 0.3) is 0 Å². The van der Waals surface area contributed by atoms with Gasteiger partial charge in [0, 0.05) is 3.57 Å². The molecule has 0 unspecified atom stereocenters. The second-order valence-electron chi connectivity index (χ2n) is 4.59. The molecule has 0 radical (unpaired) electrons. The van der Waals surface area contributed by atoms with E-state index >= 15 is 0 Å². The molecule has 0 spiro atoms. The molecule has 21 heavy (non-hydrogen) atoms. The van der Waals surface area contributed by atoms with Gasteiger partial charge in [-0.05, 0) is 58.2 Å². The van der Waals surface area contributed by atoms with Crippen LogP contribution in [0, 0.1) is 3.57 Å². The van der Waals surface area contributed by atoms with Crippen molar-refractivity contribution in [3.8, 4) is 0 Å². The summed E-state index contributed by atoms with van der Waals surface area (Å²) in [6.45, 7) is 3.84. The third-order valence-electron chi connectivity index (χ3n) is 2.73. The maximum atomic E-state index is 12.3. The zero-order valence-corrected chi connectivity index (χ0v) is 14.2. The summed E-state index contributed by atoms with van der Waals surface area (Å²) < 4.78 is 4.57. The minimum atomic E-state index is -1.09. The number of nitrogens with zero attached hydrogens (tertiary/aromatic N) is 2. The fourth-order valence-corrected chi connectivity index (χ4v) is 2.92. The first-order valence-corrected chi connectivity index (χ1v) is 7.91. The fraction of sp³-hybridized carbons (Fsp3) is 0.231. The Bertz CT molecular complexity index is 700. The molecule has 1 aromatic heterocycles. The van der Waals surface area contributed by atoms with Crippen LogP contribution in [0.3, 0.4) is 0 Å². The van der Waals surface area contributed by atoms with Crippen LogP contribution in [0.4, 0.5) is 5.69 Å². The first-order valence-electron chi connectivity index (χ1n) is 6.06. The van der Waals surface area contributed by atoms with E-state index in [1.807, 2.05) is 36.4 Å².